The molecular weight excluding hydrogens is 967 g/mol. The van der Waals surface area contributed by atoms with Crippen molar-refractivity contribution in [3.8, 4) is 56.0 Å². The molecule has 4 aliphatic rings. The molecule has 0 unspecified atom stereocenters. The van der Waals surface area contributed by atoms with Crippen LogP contribution in [0.3, 0.4) is 0 Å². The molecule has 2 spiro atoms. The second-order valence-corrected chi connectivity index (χ2v) is 22.1. The summed E-state index contributed by atoms with van der Waals surface area (Å²) in [4.78, 5) is 4.97. The largest absolute Gasteiger partial charge is 0.457 e. The quantitative estimate of drug-likeness (QED) is 0.172. The standard InChI is InChI=1S/C74H45NO2S/c1-6-21-57-52(16-1)53-17-2-7-22-58(53)73(57)61-25-10-13-29-67(61)77-68-43-37-48(44-64(68)73)46-32-38-50(39-33-46)75(65-27-15-30-69-72(65)56-20-5-12-28-66(56)76-69)51-40-34-47(35-41-51)49-36-42-63-71(45-49)78-70-31-14-11-26-62(70)74(63)59-23-8-3-18-54(59)55-19-4-9-24-60(55)74/h1-45H. The number of para-hydroxylation sites is 2. The van der Waals surface area contributed by atoms with Gasteiger partial charge in [0.2, 0.25) is 0 Å². The first-order valence-corrected chi connectivity index (χ1v) is 27.6. The van der Waals surface area contributed by atoms with Gasteiger partial charge in [0, 0.05) is 37.7 Å². The lowest BCUT2D eigenvalue weighted by atomic mass is 9.66. The highest BCUT2D eigenvalue weighted by Gasteiger charge is 2.52. The lowest BCUT2D eigenvalue weighted by Crippen LogP contribution is -2.32. The minimum Gasteiger partial charge on any atom is -0.457 e. The van der Waals surface area contributed by atoms with E-state index in [1.54, 1.807) is 0 Å². The fraction of sp³-hybridized carbons (Fsp3) is 0.0270. The van der Waals surface area contributed by atoms with Gasteiger partial charge in [-0.05, 0) is 151 Å². The van der Waals surface area contributed by atoms with Crippen LogP contribution < -0.4 is 9.64 Å². The Hall–Kier alpha value is -9.61. The third-order valence-electron chi connectivity index (χ3n) is 17.2. The maximum Gasteiger partial charge on any atom is 0.137 e. The van der Waals surface area contributed by atoms with Gasteiger partial charge in [-0.15, -0.1) is 0 Å². The third-order valence-corrected chi connectivity index (χ3v) is 18.4. The van der Waals surface area contributed by atoms with Crippen LogP contribution >= 0.6 is 11.8 Å². The molecule has 0 atom stereocenters. The topological polar surface area (TPSA) is 25.6 Å². The van der Waals surface area contributed by atoms with Gasteiger partial charge in [-0.2, -0.15) is 0 Å². The lowest BCUT2D eigenvalue weighted by Gasteiger charge is -2.39. The molecule has 364 valence electrons. The van der Waals surface area contributed by atoms with Gasteiger partial charge in [0.25, 0.3) is 0 Å². The van der Waals surface area contributed by atoms with Gasteiger partial charge >= 0.3 is 0 Å². The normalized spacial score (nSPS) is 14.2. The number of anilines is 3. The van der Waals surface area contributed by atoms with E-state index in [9.17, 15) is 0 Å². The molecule has 1 aromatic heterocycles. The molecule has 12 aromatic carbocycles. The number of hydrogen-bond acceptors (Lipinski definition) is 4. The van der Waals surface area contributed by atoms with Crippen LogP contribution in [0.4, 0.5) is 17.1 Å². The molecule has 2 aliphatic heterocycles. The Morgan fingerprint density at radius 2 is 0.769 bits per heavy atom. The predicted octanol–water partition coefficient (Wildman–Crippen LogP) is 19.7. The first kappa shape index (κ1) is 43.6. The minimum atomic E-state index is -0.539. The molecule has 0 saturated carbocycles. The van der Waals surface area contributed by atoms with Crippen LogP contribution in [-0.2, 0) is 10.8 Å². The number of ether oxygens (including phenoxy) is 1. The van der Waals surface area contributed by atoms with Crippen LogP contribution in [0.5, 0.6) is 11.5 Å². The predicted molar refractivity (Wildman–Crippen MR) is 318 cm³/mol. The van der Waals surface area contributed by atoms with Crippen LogP contribution in [-0.4, -0.2) is 0 Å². The number of furan rings is 1. The summed E-state index contributed by atoms with van der Waals surface area (Å²) in [5.74, 6) is 1.77. The Morgan fingerprint density at radius 1 is 0.308 bits per heavy atom. The third kappa shape index (κ3) is 5.90. The summed E-state index contributed by atoms with van der Waals surface area (Å²) in [7, 11) is 0. The molecule has 0 amide bonds. The summed E-state index contributed by atoms with van der Waals surface area (Å²) in [6.45, 7) is 0. The van der Waals surface area contributed by atoms with E-state index in [0.717, 1.165) is 78.3 Å². The van der Waals surface area contributed by atoms with E-state index in [1.165, 1.54) is 71.0 Å². The SMILES string of the molecule is c1ccc2c(c1)Oc1ccc(-c3ccc(N(c4ccc(-c5ccc6c(c5)Sc5ccccc5C65c6ccccc6-c6ccccc65)cc4)c4cccc5oc6ccccc6c45)cc3)cc1C21c2ccccc2-c2ccccc21. The Morgan fingerprint density at radius 3 is 1.41 bits per heavy atom. The molecular formula is C74H45NO2S. The van der Waals surface area contributed by atoms with E-state index < -0.39 is 10.8 Å². The van der Waals surface area contributed by atoms with Crippen molar-refractivity contribution in [1.29, 1.82) is 0 Å². The molecule has 13 aromatic rings. The van der Waals surface area contributed by atoms with E-state index in [4.69, 9.17) is 9.15 Å². The fourth-order valence-corrected chi connectivity index (χ4v) is 15.3. The van der Waals surface area contributed by atoms with Crippen molar-refractivity contribution in [2.75, 3.05) is 4.90 Å². The maximum absolute atomic E-state index is 6.79. The maximum atomic E-state index is 6.79. The molecule has 0 fully saturated rings. The van der Waals surface area contributed by atoms with E-state index >= 15 is 0 Å². The van der Waals surface area contributed by atoms with Crippen molar-refractivity contribution in [3.63, 3.8) is 0 Å². The monoisotopic (exact) mass is 1010 g/mol. The van der Waals surface area contributed by atoms with Crippen molar-refractivity contribution >= 4 is 50.8 Å². The van der Waals surface area contributed by atoms with Gasteiger partial charge in [0.15, 0.2) is 0 Å². The van der Waals surface area contributed by atoms with Crippen molar-refractivity contribution in [3.05, 3.63) is 317 Å². The number of rotatable bonds is 5. The van der Waals surface area contributed by atoms with Crippen LogP contribution in [0, 0.1) is 0 Å². The molecule has 3 heterocycles. The van der Waals surface area contributed by atoms with Crippen LogP contribution in [0.15, 0.2) is 287 Å². The Labute approximate surface area is 456 Å². The van der Waals surface area contributed by atoms with Crippen LogP contribution in [0.1, 0.15) is 44.5 Å². The Bertz CT molecular complexity index is 4550. The molecule has 0 bridgehead atoms. The molecule has 3 nitrogen and oxygen atoms in total. The van der Waals surface area contributed by atoms with Gasteiger partial charge in [-0.3, -0.25) is 0 Å². The van der Waals surface area contributed by atoms with Crippen LogP contribution in [0.25, 0.3) is 66.4 Å². The first-order valence-electron chi connectivity index (χ1n) is 26.8. The van der Waals surface area contributed by atoms with E-state index in [0.29, 0.717) is 0 Å². The highest BCUT2D eigenvalue weighted by atomic mass is 32.2. The average molecular weight is 1010 g/mol. The summed E-state index contributed by atoms with van der Waals surface area (Å²) in [6.07, 6.45) is 0. The number of nitrogens with zero attached hydrogens (tertiary/aromatic N) is 1. The van der Waals surface area contributed by atoms with Gasteiger partial charge in [0.05, 0.1) is 21.9 Å². The second kappa shape index (κ2) is 16.4. The van der Waals surface area contributed by atoms with Crippen molar-refractivity contribution in [2.24, 2.45) is 0 Å². The second-order valence-electron chi connectivity index (χ2n) is 21.0. The van der Waals surface area contributed by atoms with E-state index in [2.05, 4.69) is 272 Å². The molecule has 0 N–H and O–H groups in total. The smallest absolute Gasteiger partial charge is 0.137 e. The van der Waals surface area contributed by atoms with Crippen molar-refractivity contribution in [2.45, 2.75) is 20.6 Å². The summed E-state index contributed by atoms with van der Waals surface area (Å²) >= 11 is 1.89. The Kier molecular flexibility index (Phi) is 9.20. The summed E-state index contributed by atoms with van der Waals surface area (Å²) in [6, 6.07) is 100. The molecule has 78 heavy (non-hydrogen) atoms. The number of hydrogen-bond donors (Lipinski definition) is 0. The molecule has 0 saturated heterocycles. The number of fused-ring (bicyclic) bond motifs is 21. The molecule has 2 aliphatic carbocycles. The zero-order chi connectivity index (χ0) is 51.1. The summed E-state index contributed by atoms with van der Waals surface area (Å²) in [5.41, 5.74) is 23.9. The molecule has 4 heteroatoms. The zero-order valence-corrected chi connectivity index (χ0v) is 43.0. The van der Waals surface area contributed by atoms with E-state index in [-0.39, 0.29) is 0 Å². The number of benzene rings is 12. The van der Waals surface area contributed by atoms with Gasteiger partial charge < -0.3 is 14.1 Å². The van der Waals surface area contributed by atoms with Gasteiger partial charge in [-0.25, -0.2) is 0 Å². The van der Waals surface area contributed by atoms with Crippen molar-refractivity contribution in [1.82, 2.24) is 0 Å². The summed E-state index contributed by atoms with van der Waals surface area (Å²) < 4.78 is 13.3. The molecule has 17 rings (SSSR count). The minimum absolute atomic E-state index is 0.405. The summed E-state index contributed by atoms with van der Waals surface area (Å²) in [5, 5.41) is 2.16. The first-order chi connectivity index (χ1) is 38.7. The van der Waals surface area contributed by atoms with Crippen molar-refractivity contribution < 1.29 is 9.15 Å². The van der Waals surface area contributed by atoms with E-state index in [1.807, 2.05) is 17.8 Å². The Balaban J connectivity index is 0.781. The van der Waals surface area contributed by atoms with Gasteiger partial charge in [0.1, 0.15) is 22.7 Å². The zero-order valence-electron chi connectivity index (χ0n) is 42.2. The van der Waals surface area contributed by atoms with Crippen LogP contribution in [0.2, 0.25) is 0 Å². The van der Waals surface area contributed by atoms with Gasteiger partial charge in [-0.1, -0.05) is 212 Å². The highest BCUT2D eigenvalue weighted by Crippen LogP contribution is 2.64. The lowest BCUT2D eigenvalue weighted by molar-refractivity contribution is 0.436. The fourth-order valence-electron chi connectivity index (χ4n) is 14.1. The highest BCUT2D eigenvalue weighted by molar-refractivity contribution is 7.99. The molecule has 0 radical (unpaired) electrons. The average Bonchev–Trinajstić information content (AvgIpc) is 4.27.